The van der Waals surface area contributed by atoms with E-state index in [1.807, 2.05) is 0 Å². The van der Waals surface area contributed by atoms with E-state index in [-0.39, 0.29) is 0 Å². The van der Waals surface area contributed by atoms with E-state index in [9.17, 15) is 0 Å². The molecule has 1 heterocycles. The predicted molar refractivity (Wildman–Crippen MR) is 70.1 cm³/mol. The third-order valence-corrected chi connectivity index (χ3v) is 3.84. The number of rotatable bonds is 7. The highest BCUT2D eigenvalue weighted by Crippen LogP contribution is 2.20. The van der Waals surface area contributed by atoms with Crippen LogP contribution in [0.1, 0.15) is 32.1 Å². The summed E-state index contributed by atoms with van der Waals surface area (Å²) in [6, 6.07) is 1.17. The molecule has 1 fully saturated rings. The first kappa shape index (κ1) is 14.9. The number of unbranched alkanes of at least 4 members (excludes halogenated alkanes) is 1. The SMILES string of the molecule is CN1CC(CCCO)N(C)C(CCCCO)C1. The van der Waals surface area contributed by atoms with Crippen molar-refractivity contribution in [3.8, 4) is 0 Å². The molecule has 0 bridgehead atoms. The van der Waals surface area contributed by atoms with Crippen LogP contribution < -0.4 is 0 Å². The number of aliphatic hydroxyl groups excluding tert-OH is 2. The summed E-state index contributed by atoms with van der Waals surface area (Å²) in [5, 5.41) is 17.8. The summed E-state index contributed by atoms with van der Waals surface area (Å²) in [7, 11) is 4.39. The summed E-state index contributed by atoms with van der Waals surface area (Å²) in [4.78, 5) is 4.87. The predicted octanol–water partition coefficient (Wildman–Crippen LogP) is 0.536. The third-order valence-electron chi connectivity index (χ3n) is 3.84. The molecule has 1 rings (SSSR count). The molecule has 17 heavy (non-hydrogen) atoms. The molecule has 0 aromatic rings. The Labute approximate surface area is 105 Å². The van der Waals surface area contributed by atoms with Crippen LogP contribution in [-0.2, 0) is 0 Å². The first-order chi connectivity index (χ1) is 8.19. The summed E-state index contributed by atoms with van der Waals surface area (Å²) >= 11 is 0. The molecular formula is C13H28N2O2. The number of likely N-dealkylation sites (N-methyl/N-ethyl adjacent to an activating group) is 2. The number of hydrogen-bond acceptors (Lipinski definition) is 4. The van der Waals surface area contributed by atoms with Gasteiger partial charge in [0, 0.05) is 38.4 Å². The van der Waals surface area contributed by atoms with E-state index < -0.39 is 0 Å². The fourth-order valence-electron chi connectivity index (χ4n) is 2.76. The molecule has 0 aliphatic carbocycles. The van der Waals surface area contributed by atoms with Gasteiger partial charge < -0.3 is 15.1 Å². The standard InChI is InChI=1S/C13H28N2O2/c1-14-10-12(6-3-4-8-16)15(2)13(11-14)7-5-9-17/h12-13,16-17H,3-11H2,1-2H3. The minimum atomic E-state index is 0.295. The number of nitrogens with zero attached hydrogens (tertiary/aromatic N) is 2. The minimum Gasteiger partial charge on any atom is -0.396 e. The second-order valence-electron chi connectivity index (χ2n) is 5.28. The molecule has 102 valence electrons. The Hall–Kier alpha value is -0.160. The van der Waals surface area contributed by atoms with Crippen LogP contribution in [0, 0.1) is 0 Å². The van der Waals surface area contributed by atoms with Crippen molar-refractivity contribution < 1.29 is 10.2 Å². The molecule has 4 nitrogen and oxygen atoms in total. The Morgan fingerprint density at radius 2 is 1.41 bits per heavy atom. The zero-order chi connectivity index (χ0) is 12.7. The van der Waals surface area contributed by atoms with Crippen LogP contribution in [0.5, 0.6) is 0 Å². The molecule has 0 saturated carbocycles. The molecule has 2 N–H and O–H groups in total. The average molecular weight is 244 g/mol. The van der Waals surface area contributed by atoms with Gasteiger partial charge in [-0.3, -0.25) is 4.90 Å². The maximum Gasteiger partial charge on any atom is 0.0431 e. The zero-order valence-corrected chi connectivity index (χ0v) is 11.3. The maximum atomic E-state index is 8.93. The Bertz CT molecular complexity index is 202. The largest absolute Gasteiger partial charge is 0.396 e. The monoisotopic (exact) mass is 244 g/mol. The van der Waals surface area contributed by atoms with Gasteiger partial charge >= 0.3 is 0 Å². The molecule has 0 aromatic carbocycles. The minimum absolute atomic E-state index is 0.295. The van der Waals surface area contributed by atoms with E-state index in [0.717, 1.165) is 45.2 Å². The van der Waals surface area contributed by atoms with Gasteiger partial charge in [0.05, 0.1) is 0 Å². The summed E-state index contributed by atoms with van der Waals surface area (Å²) in [6.07, 6.45) is 5.15. The van der Waals surface area contributed by atoms with Crippen molar-refractivity contribution in [2.45, 2.75) is 44.2 Å². The summed E-state index contributed by atoms with van der Waals surface area (Å²) < 4.78 is 0. The van der Waals surface area contributed by atoms with E-state index in [1.165, 1.54) is 0 Å². The van der Waals surface area contributed by atoms with Crippen molar-refractivity contribution in [1.82, 2.24) is 9.80 Å². The second-order valence-corrected chi connectivity index (χ2v) is 5.28. The first-order valence-electron chi connectivity index (χ1n) is 6.81. The van der Waals surface area contributed by atoms with Gasteiger partial charge in [0.15, 0.2) is 0 Å². The van der Waals surface area contributed by atoms with E-state index >= 15 is 0 Å². The third kappa shape index (κ3) is 4.92. The van der Waals surface area contributed by atoms with E-state index in [1.54, 1.807) is 0 Å². The quantitative estimate of drug-likeness (QED) is 0.642. The Kier molecular flexibility index (Phi) is 7.04. The highest BCUT2D eigenvalue weighted by molar-refractivity contribution is 4.86. The maximum absolute atomic E-state index is 8.93. The summed E-state index contributed by atoms with van der Waals surface area (Å²) in [5.74, 6) is 0. The lowest BCUT2D eigenvalue weighted by Crippen LogP contribution is -2.55. The van der Waals surface area contributed by atoms with Crippen LogP contribution in [0.3, 0.4) is 0 Å². The lowest BCUT2D eigenvalue weighted by atomic mass is 9.99. The van der Waals surface area contributed by atoms with Crippen molar-refractivity contribution in [3.63, 3.8) is 0 Å². The van der Waals surface area contributed by atoms with Crippen LogP contribution in [-0.4, -0.2) is 72.5 Å². The van der Waals surface area contributed by atoms with Gasteiger partial charge in [0.25, 0.3) is 0 Å². The van der Waals surface area contributed by atoms with Gasteiger partial charge in [-0.2, -0.15) is 0 Å². The average Bonchev–Trinajstić information content (AvgIpc) is 2.31. The molecule has 1 saturated heterocycles. The smallest absolute Gasteiger partial charge is 0.0431 e. The molecule has 1 aliphatic heterocycles. The molecule has 0 aromatic heterocycles. The number of hydrogen-bond donors (Lipinski definition) is 2. The number of aliphatic hydroxyl groups is 2. The molecule has 0 radical (unpaired) electrons. The van der Waals surface area contributed by atoms with Crippen LogP contribution in [0.4, 0.5) is 0 Å². The van der Waals surface area contributed by atoms with Crippen LogP contribution >= 0.6 is 0 Å². The molecule has 4 heteroatoms. The van der Waals surface area contributed by atoms with Crippen molar-refractivity contribution in [2.75, 3.05) is 40.4 Å². The molecule has 0 spiro atoms. The van der Waals surface area contributed by atoms with E-state index in [2.05, 4.69) is 23.9 Å². The van der Waals surface area contributed by atoms with Gasteiger partial charge in [-0.25, -0.2) is 0 Å². The molecule has 2 unspecified atom stereocenters. The normalized spacial score (nSPS) is 27.5. The topological polar surface area (TPSA) is 46.9 Å². The molecular weight excluding hydrogens is 216 g/mol. The lowest BCUT2D eigenvalue weighted by molar-refractivity contribution is 0.0440. The lowest BCUT2D eigenvalue weighted by Gasteiger charge is -2.44. The molecule has 1 aliphatic rings. The molecule has 0 amide bonds. The first-order valence-corrected chi connectivity index (χ1v) is 6.81. The number of piperazine rings is 1. The van der Waals surface area contributed by atoms with Crippen molar-refractivity contribution >= 4 is 0 Å². The Morgan fingerprint density at radius 1 is 0.882 bits per heavy atom. The van der Waals surface area contributed by atoms with Gasteiger partial charge in [0.2, 0.25) is 0 Å². The van der Waals surface area contributed by atoms with Gasteiger partial charge in [-0.1, -0.05) is 0 Å². The van der Waals surface area contributed by atoms with Crippen molar-refractivity contribution in [2.24, 2.45) is 0 Å². The highest BCUT2D eigenvalue weighted by Gasteiger charge is 2.29. The van der Waals surface area contributed by atoms with Crippen LogP contribution in [0.15, 0.2) is 0 Å². The van der Waals surface area contributed by atoms with Crippen LogP contribution in [0.2, 0.25) is 0 Å². The van der Waals surface area contributed by atoms with E-state index in [0.29, 0.717) is 25.3 Å². The highest BCUT2D eigenvalue weighted by atomic mass is 16.3. The summed E-state index contributed by atoms with van der Waals surface area (Å²) in [5.41, 5.74) is 0. The summed E-state index contributed by atoms with van der Waals surface area (Å²) in [6.45, 7) is 2.83. The fraction of sp³-hybridized carbons (Fsp3) is 1.00. The van der Waals surface area contributed by atoms with Gasteiger partial charge in [-0.15, -0.1) is 0 Å². The molecule has 2 atom stereocenters. The van der Waals surface area contributed by atoms with Crippen LogP contribution in [0.25, 0.3) is 0 Å². The second kappa shape index (κ2) is 8.03. The van der Waals surface area contributed by atoms with Crippen molar-refractivity contribution in [3.05, 3.63) is 0 Å². The van der Waals surface area contributed by atoms with E-state index in [4.69, 9.17) is 10.2 Å². The van der Waals surface area contributed by atoms with Gasteiger partial charge in [-0.05, 0) is 46.2 Å². The Morgan fingerprint density at radius 3 is 1.94 bits per heavy atom. The fourth-order valence-corrected chi connectivity index (χ4v) is 2.76. The Balaban J connectivity index is 2.40. The van der Waals surface area contributed by atoms with Gasteiger partial charge in [0.1, 0.15) is 0 Å². The van der Waals surface area contributed by atoms with Crippen molar-refractivity contribution in [1.29, 1.82) is 0 Å². The zero-order valence-electron chi connectivity index (χ0n) is 11.3.